The van der Waals surface area contributed by atoms with Crippen LogP contribution < -0.4 is 5.32 Å². The summed E-state index contributed by atoms with van der Waals surface area (Å²) in [7, 11) is 0. The second kappa shape index (κ2) is 6.18. The van der Waals surface area contributed by atoms with E-state index >= 15 is 0 Å². The van der Waals surface area contributed by atoms with Crippen LogP contribution in [-0.2, 0) is 9.59 Å². The molecule has 0 saturated carbocycles. The fourth-order valence-corrected chi connectivity index (χ4v) is 1.98. The summed E-state index contributed by atoms with van der Waals surface area (Å²) in [5, 5.41) is 18.3. The molecule has 3 N–H and O–H groups in total. The first-order valence-corrected chi connectivity index (χ1v) is 5.94. The molecule has 0 aliphatic heterocycles. The lowest BCUT2D eigenvalue weighted by Gasteiger charge is -2.14. The lowest BCUT2D eigenvalue weighted by atomic mass is 10.1. The zero-order valence-electron chi connectivity index (χ0n) is 10.9. The van der Waals surface area contributed by atoms with Crippen LogP contribution in [0.5, 0.6) is 0 Å². The van der Waals surface area contributed by atoms with Gasteiger partial charge in [-0.2, -0.15) is 5.10 Å². The Hall–Kier alpha value is -1.85. The quantitative estimate of drug-likeness (QED) is 0.715. The molecule has 6 heteroatoms. The number of nitrogens with zero attached hydrogens (tertiary/aromatic N) is 1. The molecule has 0 aromatic carbocycles. The van der Waals surface area contributed by atoms with E-state index in [-0.39, 0.29) is 24.8 Å². The fourth-order valence-electron chi connectivity index (χ4n) is 1.98. The zero-order valence-corrected chi connectivity index (χ0v) is 10.9. The molecule has 0 unspecified atom stereocenters. The Morgan fingerprint density at radius 3 is 2.56 bits per heavy atom. The Kier molecular flexibility index (Phi) is 4.88. The first-order valence-electron chi connectivity index (χ1n) is 5.94. The van der Waals surface area contributed by atoms with Crippen molar-refractivity contribution in [2.45, 2.75) is 46.1 Å². The number of hydrogen-bond acceptors (Lipinski definition) is 3. The standard InChI is InChI=1S/C12H19N3O3/c1-7(12-8(2)14-15-9(12)3)13-10(16)5-4-6-11(17)18/h7H,4-6H2,1-3H3,(H,13,16)(H,14,15)(H,17,18)/t7-/m0/s1. The molecule has 1 rings (SSSR count). The number of carboxylic acid groups (broad SMARTS) is 1. The number of hydrogen-bond donors (Lipinski definition) is 3. The molecule has 0 bridgehead atoms. The number of carboxylic acids is 1. The van der Waals surface area contributed by atoms with E-state index in [9.17, 15) is 9.59 Å². The van der Waals surface area contributed by atoms with E-state index in [1.165, 1.54) is 0 Å². The maximum atomic E-state index is 11.6. The van der Waals surface area contributed by atoms with Gasteiger partial charge >= 0.3 is 5.97 Å². The summed E-state index contributed by atoms with van der Waals surface area (Å²) in [5.41, 5.74) is 2.79. The maximum Gasteiger partial charge on any atom is 0.303 e. The minimum atomic E-state index is -0.877. The predicted octanol–water partition coefficient (Wildman–Crippen LogP) is 1.46. The molecular weight excluding hydrogens is 234 g/mol. The number of aromatic amines is 1. The van der Waals surface area contributed by atoms with Crippen LogP contribution in [0.4, 0.5) is 0 Å². The van der Waals surface area contributed by atoms with Gasteiger partial charge in [0.1, 0.15) is 0 Å². The molecule has 0 spiro atoms. The third-order valence-corrected chi connectivity index (χ3v) is 2.79. The molecule has 1 aromatic rings. The number of rotatable bonds is 6. The smallest absolute Gasteiger partial charge is 0.303 e. The van der Waals surface area contributed by atoms with Crippen molar-refractivity contribution in [2.24, 2.45) is 0 Å². The molecule has 0 radical (unpaired) electrons. The van der Waals surface area contributed by atoms with Crippen molar-refractivity contribution in [1.29, 1.82) is 0 Å². The van der Waals surface area contributed by atoms with Crippen LogP contribution in [-0.4, -0.2) is 27.2 Å². The minimum absolute atomic E-state index is 0.0194. The molecule has 0 aliphatic carbocycles. The van der Waals surface area contributed by atoms with Gasteiger partial charge in [0, 0.05) is 24.1 Å². The third-order valence-electron chi connectivity index (χ3n) is 2.79. The van der Waals surface area contributed by atoms with E-state index in [0.29, 0.717) is 6.42 Å². The summed E-state index contributed by atoms with van der Waals surface area (Å²) in [5.74, 6) is -1.01. The van der Waals surface area contributed by atoms with Gasteiger partial charge in [0.25, 0.3) is 0 Å². The Labute approximate surface area is 106 Å². The summed E-state index contributed by atoms with van der Waals surface area (Å²) >= 11 is 0. The van der Waals surface area contributed by atoms with E-state index in [4.69, 9.17) is 5.11 Å². The lowest BCUT2D eigenvalue weighted by Crippen LogP contribution is -2.27. The van der Waals surface area contributed by atoms with Gasteiger partial charge in [-0.3, -0.25) is 14.7 Å². The van der Waals surface area contributed by atoms with Gasteiger partial charge in [-0.25, -0.2) is 0 Å². The average molecular weight is 253 g/mol. The van der Waals surface area contributed by atoms with Gasteiger partial charge in [-0.15, -0.1) is 0 Å². The first kappa shape index (κ1) is 14.2. The molecule has 6 nitrogen and oxygen atoms in total. The summed E-state index contributed by atoms with van der Waals surface area (Å²) in [6, 6.07) is -0.124. The molecular formula is C12H19N3O3. The highest BCUT2D eigenvalue weighted by Crippen LogP contribution is 2.18. The van der Waals surface area contributed by atoms with Crippen molar-refractivity contribution in [2.75, 3.05) is 0 Å². The Bertz CT molecular complexity index is 420. The second-order valence-electron chi connectivity index (χ2n) is 4.38. The van der Waals surface area contributed by atoms with Gasteiger partial charge in [0.05, 0.1) is 11.7 Å². The van der Waals surface area contributed by atoms with Crippen molar-refractivity contribution in [3.05, 3.63) is 17.0 Å². The molecule has 1 atom stereocenters. The lowest BCUT2D eigenvalue weighted by molar-refractivity contribution is -0.137. The van der Waals surface area contributed by atoms with E-state index < -0.39 is 5.97 Å². The molecule has 18 heavy (non-hydrogen) atoms. The fraction of sp³-hybridized carbons (Fsp3) is 0.583. The van der Waals surface area contributed by atoms with Crippen LogP contribution in [0, 0.1) is 13.8 Å². The molecule has 0 saturated heterocycles. The van der Waals surface area contributed by atoms with E-state index in [0.717, 1.165) is 17.0 Å². The van der Waals surface area contributed by atoms with Crippen molar-refractivity contribution in [3.8, 4) is 0 Å². The van der Waals surface area contributed by atoms with Crippen LogP contribution in [0.15, 0.2) is 0 Å². The van der Waals surface area contributed by atoms with Crippen LogP contribution in [0.2, 0.25) is 0 Å². The number of amides is 1. The monoisotopic (exact) mass is 253 g/mol. The summed E-state index contributed by atoms with van der Waals surface area (Å²) in [4.78, 5) is 22.0. The number of carbonyl (C=O) groups excluding carboxylic acids is 1. The summed E-state index contributed by atoms with van der Waals surface area (Å²) < 4.78 is 0. The van der Waals surface area contributed by atoms with Gasteiger partial charge in [-0.05, 0) is 27.2 Å². The number of nitrogens with one attached hydrogen (secondary N) is 2. The minimum Gasteiger partial charge on any atom is -0.481 e. The molecule has 0 fully saturated rings. The molecule has 1 amide bonds. The highest BCUT2D eigenvalue weighted by molar-refractivity contribution is 5.77. The van der Waals surface area contributed by atoms with Crippen LogP contribution >= 0.6 is 0 Å². The van der Waals surface area contributed by atoms with Crippen molar-refractivity contribution >= 4 is 11.9 Å². The largest absolute Gasteiger partial charge is 0.481 e. The number of aromatic nitrogens is 2. The topological polar surface area (TPSA) is 95.1 Å². The van der Waals surface area contributed by atoms with Crippen LogP contribution in [0.25, 0.3) is 0 Å². The van der Waals surface area contributed by atoms with E-state index in [2.05, 4.69) is 15.5 Å². The third kappa shape index (κ3) is 3.87. The van der Waals surface area contributed by atoms with Gasteiger partial charge in [-0.1, -0.05) is 0 Å². The maximum absolute atomic E-state index is 11.6. The van der Waals surface area contributed by atoms with Gasteiger partial charge < -0.3 is 10.4 Å². The molecule has 100 valence electrons. The average Bonchev–Trinajstić information content (AvgIpc) is 2.57. The van der Waals surface area contributed by atoms with Gasteiger partial charge in [0.15, 0.2) is 0 Å². The van der Waals surface area contributed by atoms with Crippen molar-refractivity contribution in [3.63, 3.8) is 0 Å². The molecule has 0 aliphatic rings. The van der Waals surface area contributed by atoms with Crippen molar-refractivity contribution in [1.82, 2.24) is 15.5 Å². The number of aliphatic carboxylic acids is 1. The Morgan fingerprint density at radius 2 is 2.06 bits per heavy atom. The van der Waals surface area contributed by atoms with E-state index in [1.807, 2.05) is 20.8 Å². The summed E-state index contributed by atoms with van der Waals surface area (Å²) in [6.07, 6.45) is 0.607. The van der Waals surface area contributed by atoms with Gasteiger partial charge in [0.2, 0.25) is 5.91 Å². The highest BCUT2D eigenvalue weighted by atomic mass is 16.4. The number of aryl methyl sites for hydroxylation is 2. The number of H-pyrrole nitrogens is 1. The Morgan fingerprint density at radius 1 is 1.39 bits per heavy atom. The second-order valence-corrected chi connectivity index (χ2v) is 4.38. The SMILES string of the molecule is Cc1n[nH]c(C)c1[C@H](C)NC(=O)CCCC(=O)O. The number of carbonyl (C=O) groups is 2. The first-order chi connectivity index (χ1) is 8.41. The highest BCUT2D eigenvalue weighted by Gasteiger charge is 2.16. The van der Waals surface area contributed by atoms with Crippen LogP contribution in [0.1, 0.15) is 49.2 Å². The molecule has 1 aromatic heterocycles. The zero-order chi connectivity index (χ0) is 13.7. The van der Waals surface area contributed by atoms with E-state index in [1.54, 1.807) is 0 Å². The Balaban J connectivity index is 2.47. The predicted molar refractivity (Wildman–Crippen MR) is 66.1 cm³/mol. The normalized spacial score (nSPS) is 12.2. The van der Waals surface area contributed by atoms with Crippen LogP contribution in [0.3, 0.4) is 0 Å². The molecule has 1 heterocycles. The van der Waals surface area contributed by atoms with Crippen molar-refractivity contribution < 1.29 is 14.7 Å². The summed E-state index contributed by atoms with van der Waals surface area (Å²) in [6.45, 7) is 5.67.